The zero-order valence-corrected chi connectivity index (χ0v) is 28.7. The first-order valence-electron chi connectivity index (χ1n) is 14.5. The van der Waals surface area contributed by atoms with E-state index in [0.29, 0.717) is 5.41 Å². The van der Waals surface area contributed by atoms with Crippen molar-refractivity contribution in [1.29, 1.82) is 0 Å². The second-order valence-corrected chi connectivity index (χ2v) is 14.7. The minimum Gasteiger partial charge on any atom is -1.00 e. The maximum atomic E-state index is 3.67. The van der Waals surface area contributed by atoms with Gasteiger partial charge in [-0.1, -0.05) is 90.0 Å². The Morgan fingerprint density at radius 1 is 0.769 bits per heavy atom. The normalized spacial score (nSPS) is 27.2. The first-order chi connectivity index (χ1) is 17.0. The van der Waals surface area contributed by atoms with E-state index in [0.717, 1.165) is 30.6 Å². The molecular weight excluding hydrogens is 595 g/mol. The van der Waals surface area contributed by atoms with Crippen molar-refractivity contribution in [2.75, 3.05) is 0 Å². The van der Waals surface area contributed by atoms with E-state index >= 15 is 0 Å². The van der Waals surface area contributed by atoms with E-state index in [4.69, 9.17) is 0 Å². The molecule has 0 saturated heterocycles. The number of fused-ring (bicyclic) bond motifs is 3. The fraction of sp³-hybridized carbons (Fsp3) is 0.556. The van der Waals surface area contributed by atoms with Gasteiger partial charge in [-0.25, -0.2) is 6.08 Å². The van der Waals surface area contributed by atoms with E-state index in [1.807, 2.05) is 0 Å². The zero-order chi connectivity index (χ0) is 25.3. The molecule has 0 nitrogen and oxygen atoms in total. The van der Waals surface area contributed by atoms with Crippen molar-refractivity contribution >= 4 is 0 Å². The standard InChI is InChI=1S/C21H25.C15H19.2ClH.Zr/c1-20(2,3)16-7-9-18-14(12-16)11-15-13-17(21(4,5)6)8-10-19(15)18;1-2-4-14(3-1)15-8-11-5-12(9-15)7-13(6-11)10-15;;;/h7-10,12H,11H2,1-6H3;3-4,11-13H,1,5-10H2;2*1H;/q2*-1;;;+4/p-2. The van der Waals surface area contributed by atoms with Crippen LogP contribution < -0.4 is 24.8 Å². The molecule has 0 spiro atoms. The van der Waals surface area contributed by atoms with E-state index in [1.54, 1.807) is 24.8 Å². The third kappa shape index (κ3) is 6.42. The fourth-order valence-electron chi connectivity index (χ4n) is 8.26. The van der Waals surface area contributed by atoms with Crippen LogP contribution >= 0.6 is 0 Å². The van der Waals surface area contributed by atoms with Crippen LogP contribution in [0.1, 0.15) is 109 Å². The summed E-state index contributed by atoms with van der Waals surface area (Å²) < 4.78 is 0. The average molecular weight is 639 g/mol. The zero-order valence-electron chi connectivity index (χ0n) is 24.7. The van der Waals surface area contributed by atoms with Gasteiger partial charge in [0.2, 0.25) is 0 Å². The Morgan fingerprint density at radius 3 is 1.87 bits per heavy atom. The molecular formula is C36H44Cl2Zr. The minimum atomic E-state index is 0. The molecule has 4 saturated carbocycles. The van der Waals surface area contributed by atoms with E-state index in [2.05, 4.69) is 96.2 Å². The molecule has 2 aromatic carbocycles. The van der Waals surface area contributed by atoms with Crippen molar-refractivity contribution in [2.45, 2.75) is 104 Å². The van der Waals surface area contributed by atoms with Gasteiger partial charge in [0.15, 0.2) is 0 Å². The van der Waals surface area contributed by atoms with Gasteiger partial charge in [0.1, 0.15) is 0 Å². The second-order valence-electron chi connectivity index (χ2n) is 14.7. The van der Waals surface area contributed by atoms with Gasteiger partial charge in [0.05, 0.1) is 0 Å². The Labute approximate surface area is 269 Å². The second kappa shape index (κ2) is 11.9. The molecule has 4 fully saturated rings. The van der Waals surface area contributed by atoms with Crippen LogP contribution in [0.4, 0.5) is 0 Å². The third-order valence-electron chi connectivity index (χ3n) is 9.81. The third-order valence-corrected chi connectivity index (χ3v) is 9.81. The molecule has 0 amide bonds. The Hall–Kier alpha value is -0.617. The molecule has 0 unspecified atom stereocenters. The summed E-state index contributed by atoms with van der Waals surface area (Å²) in [5.41, 5.74) is 11.0. The summed E-state index contributed by atoms with van der Waals surface area (Å²) in [4.78, 5) is 0. The first-order valence-corrected chi connectivity index (χ1v) is 14.5. The fourth-order valence-corrected chi connectivity index (χ4v) is 8.26. The van der Waals surface area contributed by atoms with Crippen LogP contribution in [-0.2, 0) is 43.5 Å². The topological polar surface area (TPSA) is 0 Å². The Kier molecular flexibility index (Phi) is 10.1. The van der Waals surface area contributed by atoms with E-state index in [1.165, 1.54) is 52.6 Å². The van der Waals surface area contributed by atoms with Crippen LogP contribution in [0.15, 0.2) is 48.1 Å². The molecule has 3 heteroatoms. The predicted octanol–water partition coefficient (Wildman–Crippen LogP) is 3.55. The Morgan fingerprint density at radius 2 is 1.36 bits per heavy atom. The van der Waals surface area contributed by atoms with Gasteiger partial charge < -0.3 is 24.8 Å². The number of allylic oxidation sites excluding steroid dienone is 4. The molecule has 0 aromatic heterocycles. The summed E-state index contributed by atoms with van der Waals surface area (Å²) in [6.07, 6.45) is 19.4. The predicted molar refractivity (Wildman–Crippen MR) is 152 cm³/mol. The van der Waals surface area contributed by atoms with Gasteiger partial charge in [-0.3, -0.25) is 6.08 Å². The number of hydrogen-bond donors (Lipinski definition) is 0. The number of benzene rings is 2. The largest absolute Gasteiger partial charge is 4.00 e. The summed E-state index contributed by atoms with van der Waals surface area (Å²) in [5, 5.41) is 0. The molecule has 0 heterocycles. The molecule has 4 bridgehead atoms. The number of rotatable bonds is 1. The van der Waals surface area contributed by atoms with Crippen LogP contribution in [0.2, 0.25) is 0 Å². The molecule has 206 valence electrons. The smallest absolute Gasteiger partial charge is 1.00 e. The van der Waals surface area contributed by atoms with Gasteiger partial charge in [0.25, 0.3) is 0 Å². The number of halogens is 2. The van der Waals surface area contributed by atoms with Crippen molar-refractivity contribution < 1.29 is 51.0 Å². The van der Waals surface area contributed by atoms with Crippen molar-refractivity contribution in [2.24, 2.45) is 23.2 Å². The maximum Gasteiger partial charge on any atom is 4.00 e. The van der Waals surface area contributed by atoms with Crippen LogP contribution in [0, 0.1) is 35.3 Å². The van der Waals surface area contributed by atoms with Gasteiger partial charge in [-0.15, -0.1) is 17.5 Å². The Bertz CT molecular complexity index is 1140. The molecule has 0 radical (unpaired) electrons. The van der Waals surface area contributed by atoms with Crippen LogP contribution in [0.25, 0.3) is 11.1 Å². The monoisotopic (exact) mass is 636 g/mol. The van der Waals surface area contributed by atoms with Gasteiger partial charge in [-0.2, -0.15) is 35.4 Å². The van der Waals surface area contributed by atoms with Crippen LogP contribution in [0.3, 0.4) is 0 Å². The van der Waals surface area contributed by atoms with Crippen molar-refractivity contribution in [1.82, 2.24) is 0 Å². The molecule has 2 aromatic rings. The maximum absolute atomic E-state index is 3.67. The van der Waals surface area contributed by atoms with E-state index in [-0.39, 0.29) is 61.8 Å². The molecule has 6 aliphatic rings. The van der Waals surface area contributed by atoms with Crippen LogP contribution in [-0.4, -0.2) is 0 Å². The summed E-state index contributed by atoms with van der Waals surface area (Å²) in [5.74, 6) is 3.23. The van der Waals surface area contributed by atoms with E-state index < -0.39 is 0 Å². The SMILES string of the molecule is CC(C)(C)c1[c-]c2c(cc1)-c1ccc(C(C)(C)C)cc1C2.[C-]1=CC(C23CC4CC(CC(C4)C2)C3)=CC1.[Cl-].[Cl-].[Zr+4]. The first kappa shape index (κ1) is 32.9. The van der Waals surface area contributed by atoms with Crippen molar-refractivity contribution in [3.8, 4) is 11.1 Å². The van der Waals surface area contributed by atoms with Gasteiger partial charge >= 0.3 is 26.2 Å². The quantitative estimate of drug-likeness (QED) is 0.358. The summed E-state index contributed by atoms with van der Waals surface area (Å²) in [7, 11) is 0. The molecule has 0 N–H and O–H groups in total. The molecule has 39 heavy (non-hydrogen) atoms. The van der Waals surface area contributed by atoms with Crippen LogP contribution in [0.5, 0.6) is 0 Å². The van der Waals surface area contributed by atoms with Crippen molar-refractivity contribution in [3.05, 3.63) is 82.5 Å². The average Bonchev–Trinajstić information content (AvgIpc) is 3.45. The van der Waals surface area contributed by atoms with E-state index in [9.17, 15) is 0 Å². The minimum absolute atomic E-state index is 0. The number of hydrogen-bond acceptors (Lipinski definition) is 0. The molecule has 0 aliphatic heterocycles. The van der Waals surface area contributed by atoms with Crippen molar-refractivity contribution in [3.63, 3.8) is 0 Å². The van der Waals surface area contributed by atoms with Gasteiger partial charge in [-0.05, 0) is 65.4 Å². The molecule has 8 rings (SSSR count). The molecule has 0 atom stereocenters. The Balaban J connectivity index is 0.000000208. The summed E-state index contributed by atoms with van der Waals surface area (Å²) in [6, 6.07) is 15.2. The van der Waals surface area contributed by atoms with Gasteiger partial charge in [0, 0.05) is 0 Å². The summed E-state index contributed by atoms with van der Waals surface area (Å²) >= 11 is 0. The summed E-state index contributed by atoms with van der Waals surface area (Å²) in [6.45, 7) is 13.6. The molecule has 6 aliphatic carbocycles.